The van der Waals surface area contributed by atoms with Crippen LogP contribution in [0.2, 0.25) is 0 Å². The molecule has 2 heterocycles. The molecule has 0 amide bonds. The number of carbonyl (C=O) groups excluding carboxylic acids is 1. The monoisotopic (exact) mass is 286 g/mol. The van der Waals surface area contributed by atoms with Gasteiger partial charge in [0.15, 0.2) is 5.78 Å². The summed E-state index contributed by atoms with van der Waals surface area (Å²) in [6.07, 6.45) is 6.81. The third kappa shape index (κ3) is 3.39. The number of allylic oxidation sites excluding steroid dienone is 1. The summed E-state index contributed by atoms with van der Waals surface area (Å²) in [5, 5.41) is 0.994. The van der Waals surface area contributed by atoms with E-state index in [1.54, 1.807) is 24.5 Å². The third-order valence-corrected chi connectivity index (χ3v) is 4.37. The number of pyridine rings is 1. The molecule has 0 bridgehead atoms. The number of rotatable bonds is 3. The lowest BCUT2D eigenvalue weighted by Gasteiger charge is -2.13. The average Bonchev–Trinajstić information content (AvgIpc) is 2.79. The van der Waals surface area contributed by atoms with E-state index < -0.39 is 0 Å². The summed E-state index contributed by atoms with van der Waals surface area (Å²) >= 11 is 1.48. The summed E-state index contributed by atoms with van der Waals surface area (Å²) in [4.78, 5) is 21.5. The molecule has 4 heteroatoms. The summed E-state index contributed by atoms with van der Waals surface area (Å²) in [5.41, 5.74) is 1.70. The zero-order valence-corrected chi connectivity index (χ0v) is 13.0. The van der Waals surface area contributed by atoms with Gasteiger partial charge in [-0.05, 0) is 30.7 Å². The zero-order chi connectivity index (χ0) is 14.8. The Labute approximate surface area is 123 Å². The topological polar surface area (TPSA) is 42.9 Å². The maximum atomic E-state index is 12.2. The predicted molar refractivity (Wildman–Crippen MR) is 83.2 cm³/mol. The number of aryl methyl sites for hydroxylation is 1. The second-order valence-electron chi connectivity index (χ2n) is 5.67. The molecule has 104 valence electrons. The molecule has 0 aliphatic rings. The summed E-state index contributed by atoms with van der Waals surface area (Å²) < 4.78 is 0. The molecule has 2 aromatic rings. The third-order valence-electron chi connectivity index (χ3n) is 2.77. The van der Waals surface area contributed by atoms with E-state index in [1.165, 1.54) is 11.3 Å². The minimum Gasteiger partial charge on any atom is -0.288 e. The van der Waals surface area contributed by atoms with E-state index in [-0.39, 0.29) is 11.2 Å². The van der Waals surface area contributed by atoms with Gasteiger partial charge in [0.25, 0.3) is 0 Å². The maximum Gasteiger partial charge on any atom is 0.197 e. The molecule has 2 aromatic heterocycles. The molecule has 0 aromatic carbocycles. The highest BCUT2D eigenvalue weighted by Crippen LogP contribution is 2.29. The molecule has 0 aliphatic carbocycles. The number of thiazole rings is 1. The number of hydrogen-bond donors (Lipinski definition) is 0. The SMILES string of the molecule is Cc1nc(C(C)(C)C)sc1C(=O)/C=C\c1cccnc1. The molecule has 0 unspecified atom stereocenters. The summed E-state index contributed by atoms with van der Waals surface area (Å²) in [7, 11) is 0. The molecule has 3 nitrogen and oxygen atoms in total. The van der Waals surface area contributed by atoms with Crippen molar-refractivity contribution in [1.29, 1.82) is 0 Å². The van der Waals surface area contributed by atoms with Crippen LogP contribution < -0.4 is 0 Å². The Morgan fingerprint density at radius 2 is 2.10 bits per heavy atom. The van der Waals surface area contributed by atoms with Crippen molar-refractivity contribution in [3.05, 3.63) is 51.7 Å². The van der Waals surface area contributed by atoms with Crippen LogP contribution in [0.25, 0.3) is 6.08 Å². The molecule has 0 saturated carbocycles. The fourth-order valence-electron chi connectivity index (χ4n) is 1.67. The lowest BCUT2D eigenvalue weighted by molar-refractivity contribution is 0.105. The van der Waals surface area contributed by atoms with Gasteiger partial charge in [-0.3, -0.25) is 9.78 Å². The van der Waals surface area contributed by atoms with Crippen LogP contribution in [0.1, 0.15) is 46.7 Å². The smallest absolute Gasteiger partial charge is 0.197 e. The Balaban J connectivity index is 2.22. The van der Waals surface area contributed by atoms with Crippen molar-refractivity contribution >= 4 is 23.2 Å². The number of nitrogens with zero attached hydrogens (tertiary/aromatic N) is 2. The van der Waals surface area contributed by atoms with Gasteiger partial charge in [-0.25, -0.2) is 4.98 Å². The van der Waals surface area contributed by atoms with E-state index in [4.69, 9.17) is 0 Å². The predicted octanol–water partition coefficient (Wildman–Crippen LogP) is 4.04. The Hall–Kier alpha value is -1.81. The first-order valence-electron chi connectivity index (χ1n) is 6.48. The van der Waals surface area contributed by atoms with Gasteiger partial charge in [0.2, 0.25) is 0 Å². The van der Waals surface area contributed by atoms with E-state index in [1.807, 2.05) is 19.1 Å². The van der Waals surface area contributed by atoms with Crippen LogP contribution in [0.3, 0.4) is 0 Å². The van der Waals surface area contributed by atoms with Gasteiger partial charge in [-0.1, -0.05) is 26.8 Å². The Morgan fingerprint density at radius 1 is 1.35 bits per heavy atom. The lowest BCUT2D eigenvalue weighted by atomic mass is 9.98. The molecule has 0 N–H and O–H groups in total. The summed E-state index contributed by atoms with van der Waals surface area (Å²) in [5.74, 6) is -0.000599. The van der Waals surface area contributed by atoms with E-state index in [0.29, 0.717) is 0 Å². The fourth-order valence-corrected chi connectivity index (χ4v) is 2.71. The largest absolute Gasteiger partial charge is 0.288 e. The van der Waals surface area contributed by atoms with Crippen molar-refractivity contribution in [1.82, 2.24) is 9.97 Å². The fraction of sp³-hybridized carbons (Fsp3) is 0.312. The highest BCUT2D eigenvalue weighted by atomic mass is 32.1. The van der Waals surface area contributed by atoms with Gasteiger partial charge in [-0.2, -0.15) is 0 Å². The standard InChI is InChI=1S/C16H18N2OS/c1-11-14(20-15(18-11)16(2,3)4)13(19)8-7-12-6-5-9-17-10-12/h5-10H,1-4H3/b8-7-. The van der Waals surface area contributed by atoms with Crippen LogP contribution in [0.15, 0.2) is 30.6 Å². The number of ketones is 1. The molecule has 0 radical (unpaired) electrons. The van der Waals surface area contributed by atoms with Crippen LogP contribution in [0.4, 0.5) is 0 Å². The lowest BCUT2D eigenvalue weighted by Crippen LogP contribution is -2.10. The van der Waals surface area contributed by atoms with Crippen LogP contribution in [0, 0.1) is 6.92 Å². The van der Waals surface area contributed by atoms with Crippen LogP contribution in [-0.4, -0.2) is 15.8 Å². The van der Waals surface area contributed by atoms with Gasteiger partial charge < -0.3 is 0 Å². The van der Waals surface area contributed by atoms with Crippen molar-refractivity contribution in [2.24, 2.45) is 0 Å². The highest BCUT2D eigenvalue weighted by molar-refractivity contribution is 7.14. The Kier molecular flexibility index (Phi) is 4.14. The zero-order valence-electron chi connectivity index (χ0n) is 12.2. The molecular formula is C16H18N2OS. The van der Waals surface area contributed by atoms with Gasteiger partial charge in [-0.15, -0.1) is 11.3 Å². The van der Waals surface area contributed by atoms with Crippen LogP contribution in [-0.2, 0) is 5.41 Å². The highest BCUT2D eigenvalue weighted by Gasteiger charge is 2.22. The molecule has 20 heavy (non-hydrogen) atoms. The van der Waals surface area contributed by atoms with E-state index in [0.717, 1.165) is 21.1 Å². The van der Waals surface area contributed by atoms with E-state index in [9.17, 15) is 4.79 Å². The molecule has 0 fully saturated rings. The quantitative estimate of drug-likeness (QED) is 0.631. The Bertz CT molecular complexity index is 636. The molecule has 0 atom stereocenters. The van der Waals surface area contributed by atoms with E-state index >= 15 is 0 Å². The first kappa shape index (κ1) is 14.6. The number of hydrogen-bond acceptors (Lipinski definition) is 4. The minimum atomic E-state index is -0.0268. The minimum absolute atomic E-state index is 0.000599. The van der Waals surface area contributed by atoms with Gasteiger partial charge in [0, 0.05) is 17.8 Å². The first-order valence-corrected chi connectivity index (χ1v) is 7.30. The molecule has 0 aliphatic heterocycles. The van der Waals surface area contributed by atoms with Gasteiger partial charge in [0.05, 0.1) is 15.6 Å². The van der Waals surface area contributed by atoms with Crippen molar-refractivity contribution < 1.29 is 4.79 Å². The number of aromatic nitrogens is 2. The number of carbonyl (C=O) groups is 1. The Morgan fingerprint density at radius 3 is 2.65 bits per heavy atom. The summed E-state index contributed by atoms with van der Waals surface area (Å²) in [6.45, 7) is 8.19. The van der Waals surface area contributed by atoms with Crippen molar-refractivity contribution in [2.75, 3.05) is 0 Å². The van der Waals surface area contributed by atoms with E-state index in [2.05, 4.69) is 30.7 Å². The molecular weight excluding hydrogens is 268 g/mol. The molecule has 2 rings (SSSR count). The molecule has 0 saturated heterocycles. The first-order chi connectivity index (χ1) is 9.38. The normalized spacial score (nSPS) is 12.0. The molecule has 0 spiro atoms. The van der Waals surface area contributed by atoms with Gasteiger partial charge >= 0.3 is 0 Å². The van der Waals surface area contributed by atoms with Crippen molar-refractivity contribution in [2.45, 2.75) is 33.1 Å². The van der Waals surface area contributed by atoms with Crippen LogP contribution >= 0.6 is 11.3 Å². The van der Waals surface area contributed by atoms with Crippen molar-refractivity contribution in [3.8, 4) is 0 Å². The average molecular weight is 286 g/mol. The van der Waals surface area contributed by atoms with Gasteiger partial charge in [0.1, 0.15) is 0 Å². The summed E-state index contributed by atoms with van der Waals surface area (Å²) in [6, 6.07) is 3.76. The van der Waals surface area contributed by atoms with Crippen molar-refractivity contribution in [3.63, 3.8) is 0 Å². The second kappa shape index (κ2) is 5.67. The van der Waals surface area contributed by atoms with Crippen LogP contribution in [0.5, 0.6) is 0 Å². The maximum absolute atomic E-state index is 12.2. The second-order valence-corrected chi connectivity index (χ2v) is 6.67.